The first-order chi connectivity index (χ1) is 8.77. The maximum atomic E-state index is 6.14. The minimum absolute atomic E-state index is 0.0778. The molecule has 98 valence electrons. The van der Waals surface area contributed by atoms with E-state index in [-0.39, 0.29) is 11.7 Å². The first kappa shape index (κ1) is 12.0. The lowest BCUT2D eigenvalue weighted by molar-refractivity contribution is -0.112. The Labute approximate surface area is 108 Å². The van der Waals surface area contributed by atoms with Crippen LogP contribution in [0.15, 0.2) is 24.3 Å². The Hall–Kier alpha value is -1.06. The van der Waals surface area contributed by atoms with Crippen LogP contribution >= 0.6 is 0 Å². The number of rotatable bonds is 2. The Bertz CT molecular complexity index is 410. The van der Waals surface area contributed by atoms with Crippen LogP contribution in [-0.4, -0.2) is 31.5 Å². The zero-order valence-electron chi connectivity index (χ0n) is 10.9. The molecule has 2 atom stereocenters. The van der Waals surface area contributed by atoms with Crippen molar-refractivity contribution in [2.45, 2.75) is 37.9 Å². The molecule has 0 aromatic heterocycles. The predicted molar refractivity (Wildman–Crippen MR) is 68.9 cm³/mol. The van der Waals surface area contributed by atoms with Gasteiger partial charge in [0.25, 0.3) is 0 Å². The van der Waals surface area contributed by atoms with Crippen molar-refractivity contribution in [1.29, 1.82) is 0 Å². The molecule has 3 rings (SSSR count). The van der Waals surface area contributed by atoms with Crippen LogP contribution in [0.4, 0.5) is 0 Å². The van der Waals surface area contributed by atoms with Crippen LogP contribution in [0, 0.1) is 6.92 Å². The Morgan fingerprint density at radius 3 is 2.94 bits per heavy atom. The zero-order valence-corrected chi connectivity index (χ0v) is 10.9. The molecule has 0 radical (unpaired) electrons. The third-order valence-electron chi connectivity index (χ3n) is 3.90. The highest BCUT2D eigenvalue weighted by atomic mass is 16.6. The van der Waals surface area contributed by atoms with Crippen LogP contribution in [0.1, 0.15) is 24.8 Å². The van der Waals surface area contributed by atoms with Crippen molar-refractivity contribution in [3.05, 3.63) is 29.8 Å². The van der Waals surface area contributed by atoms with Crippen molar-refractivity contribution in [3.63, 3.8) is 0 Å². The molecule has 2 heterocycles. The Balaban J connectivity index is 1.68. The van der Waals surface area contributed by atoms with E-state index >= 15 is 0 Å². The van der Waals surface area contributed by atoms with Crippen molar-refractivity contribution < 1.29 is 14.2 Å². The number of ether oxygens (including phenoxy) is 3. The van der Waals surface area contributed by atoms with E-state index < -0.39 is 0 Å². The standard InChI is InChI=1S/C15H20O3/c1-12-4-2-3-5-14(12)18-13-6-8-17-15(10-13)7-9-16-11-15/h2-5,13H,6-11H2,1H3. The molecule has 2 unspecified atom stereocenters. The Morgan fingerprint density at radius 2 is 2.17 bits per heavy atom. The first-order valence-corrected chi connectivity index (χ1v) is 6.71. The van der Waals surface area contributed by atoms with Crippen LogP contribution in [-0.2, 0) is 9.47 Å². The van der Waals surface area contributed by atoms with Gasteiger partial charge in [-0.05, 0) is 18.6 Å². The fourth-order valence-corrected chi connectivity index (χ4v) is 2.81. The summed E-state index contributed by atoms with van der Waals surface area (Å²) in [6.45, 7) is 4.40. The molecular weight excluding hydrogens is 228 g/mol. The number of hydrogen-bond acceptors (Lipinski definition) is 3. The second kappa shape index (κ2) is 4.90. The molecule has 0 aliphatic carbocycles. The molecule has 3 heteroatoms. The molecule has 1 aromatic rings. The Morgan fingerprint density at radius 1 is 1.28 bits per heavy atom. The summed E-state index contributed by atoms with van der Waals surface area (Å²) in [5.41, 5.74) is 1.12. The lowest BCUT2D eigenvalue weighted by Crippen LogP contribution is -2.44. The highest BCUT2D eigenvalue weighted by molar-refractivity contribution is 5.32. The topological polar surface area (TPSA) is 27.7 Å². The highest BCUT2D eigenvalue weighted by Gasteiger charge is 2.41. The number of benzene rings is 1. The zero-order chi connectivity index (χ0) is 12.4. The smallest absolute Gasteiger partial charge is 0.122 e. The van der Waals surface area contributed by atoms with E-state index in [1.807, 2.05) is 18.2 Å². The van der Waals surface area contributed by atoms with E-state index in [1.165, 1.54) is 5.56 Å². The molecule has 0 bridgehead atoms. The van der Waals surface area contributed by atoms with Crippen LogP contribution in [0.5, 0.6) is 5.75 Å². The van der Waals surface area contributed by atoms with Crippen LogP contribution in [0.3, 0.4) is 0 Å². The maximum Gasteiger partial charge on any atom is 0.122 e. The van der Waals surface area contributed by atoms with Gasteiger partial charge in [-0.15, -0.1) is 0 Å². The normalized spacial score (nSPS) is 31.7. The van der Waals surface area contributed by atoms with Gasteiger partial charge in [-0.3, -0.25) is 0 Å². The van der Waals surface area contributed by atoms with E-state index in [0.29, 0.717) is 0 Å². The highest BCUT2D eigenvalue weighted by Crippen LogP contribution is 2.34. The van der Waals surface area contributed by atoms with Gasteiger partial charge in [0.1, 0.15) is 11.9 Å². The fraction of sp³-hybridized carbons (Fsp3) is 0.600. The molecular formula is C15H20O3. The summed E-state index contributed by atoms with van der Waals surface area (Å²) in [7, 11) is 0. The van der Waals surface area contributed by atoms with E-state index in [0.717, 1.165) is 44.8 Å². The average Bonchev–Trinajstić information content (AvgIpc) is 2.80. The quantitative estimate of drug-likeness (QED) is 0.805. The van der Waals surface area contributed by atoms with E-state index in [1.54, 1.807) is 0 Å². The monoisotopic (exact) mass is 248 g/mol. The summed E-state index contributed by atoms with van der Waals surface area (Å²) in [6.07, 6.45) is 3.17. The fourth-order valence-electron chi connectivity index (χ4n) is 2.81. The summed E-state index contributed by atoms with van der Waals surface area (Å²) in [6, 6.07) is 8.19. The summed E-state index contributed by atoms with van der Waals surface area (Å²) in [4.78, 5) is 0. The van der Waals surface area contributed by atoms with Gasteiger partial charge >= 0.3 is 0 Å². The second-order valence-corrected chi connectivity index (χ2v) is 5.33. The molecule has 18 heavy (non-hydrogen) atoms. The molecule has 2 saturated heterocycles. The summed E-state index contributed by atoms with van der Waals surface area (Å²) < 4.78 is 17.5. The van der Waals surface area contributed by atoms with Gasteiger partial charge < -0.3 is 14.2 Å². The molecule has 3 nitrogen and oxygen atoms in total. The molecule has 1 spiro atoms. The molecule has 2 fully saturated rings. The third-order valence-corrected chi connectivity index (χ3v) is 3.90. The largest absolute Gasteiger partial charge is 0.490 e. The van der Waals surface area contributed by atoms with E-state index in [9.17, 15) is 0 Å². The number of hydrogen-bond donors (Lipinski definition) is 0. The first-order valence-electron chi connectivity index (χ1n) is 6.71. The Kier molecular flexibility index (Phi) is 3.27. The van der Waals surface area contributed by atoms with Gasteiger partial charge in [0.2, 0.25) is 0 Å². The minimum atomic E-state index is -0.0778. The summed E-state index contributed by atoms with van der Waals surface area (Å²) >= 11 is 0. The SMILES string of the molecule is Cc1ccccc1OC1CCOC2(CCOC2)C1. The molecule has 2 aliphatic rings. The maximum absolute atomic E-state index is 6.14. The van der Waals surface area contributed by atoms with Gasteiger partial charge in [-0.1, -0.05) is 18.2 Å². The van der Waals surface area contributed by atoms with Gasteiger partial charge in [0.15, 0.2) is 0 Å². The molecule has 0 amide bonds. The number of para-hydroxylation sites is 1. The predicted octanol–water partition coefficient (Wildman–Crippen LogP) is 2.71. The van der Waals surface area contributed by atoms with Gasteiger partial charge in [-0.2, -0.15) is 0 Å². The second-order valence-electron chi connectivity index (χ2n) is 5.33. The van der Waals surface area contributed by atoms with Gasteiger partial charge in [0, 0.05) is 25.9 Å². The molecule has 0 N–H and O–H groups in total. The van der Waals surface area contributed by atoms with E-state index in [4.69, 9.17) is 14.2 Å². The summed E-state index contributed by atoms with van der Waals surface area (Å²) in [5, 5.41) is 0. The lowest BCUT2D eigenvalue weighted by Gasteiger charge is -2.37. The van der Waals surface area contributed by atoms with Gasteiger partial charge in [0.05, 0.1) is 18.8 Å². The van der Waals surface area contributed by atoms with Crippen LogP contribution < -0.4 is 4.74 Å². The molecule has 0 saturated carbocycles. The van der Waals surface area contributed by atoms with Crippen molar-refractivity contribution in [2.75, 3.05) is 19.8 Å². The number of aryl methyl sites for hydroxylation is 1. The molecule has 1 aromatic carbocycles. The van der Waals surface area contributed by atoms with Crippen LogP contribution in [0.25, 0.3) is 0 Å². The van der Waals surface area contributed by atoms with Crippen molar-refractivity contribution in [2.24, 2.45) is 0 Å². The minimum Gasteiger partial charge on any atom is -0.490 e. The average molecular weight is 248 g/mol. The summed E-state index contributed by atoms with van der Waals surface area (Å²) in [5.74, 6) is 0.999. The van der Waals surface area contributed by atoms with Crippen molar-refractivity contribution in [1.82, 2.24) is 0 Å². The van der Waals surface area contributed by atoms with Crippen molar-refractivity contribution >= 4 is 0 Å². The van der Waals surface area contributed by atoms with Gasteiger partial charge in [-0.25, -0.2) is 0 Å². The lowest BCUT2D eigenvalue weighted by atomic mass is 9.91. The van der Waals surface area contributed by atoms with Crippen molar-refractivity contribution in [3.8, 4) is 5.75 Å². The molecule has 2 aliphatic heterocycles. The third kappa shape index (κ3) is 2.38. The van der Waals surface area contributed by atoms with Crippen LogP contribution in [0.2, 0.25) is 0 Å². The van der Waals surface area contributed by atoms with E-state index in [2.05, 4.69) is 13.0 Å².